The molecule has 0 saturated carbocycles. The van der Waals surface area contributed by atoms with Crippen LogP contribution in [0, 0.1) is 0 Å². The third-order valence-electron chi connectivity index (χ3n) is 3.16. The summed E-state index contributed by atoms with van der Waals surface area (Å²) in [7, 11) is 0. The summed E-state index contributed by atoms with van der Waals surface area (Å²) < 4.78 is 38.1. The molecule has 19 heavy (non-hydrogen) atoms. The van der Waals surface area contributed by atoms with Crippen molar-refractivity contribution in [2.45, 2.75) is 38.4 Å². The average Bonchev–Trinajstić information content (AvgIpc) is 2.31. The largest absolute Gasteiger partial charge is 0.416 e. The molecule has 1 nitrogen and oxygen atoms in total. The molecule has 1 atom stereocenters. The maximum Gasteiger partial charge on any atom is 0.416 e. The molecule has 108 valence electrons. The summed E-state index contributed by atoms with van der Waals surface area (Å²) in [6.45, 7) is 4.01. The summed E-state index contributed by atoms with van der Waals surface area (Å²) in [6, 6.07) is 3.60. The van der Waals surface area contributed by atoms with E-state index in [1.165, 1.54) is 6.07 Å². The highest BCUT2D eigenvalue weighted by atomic mass is 79.9. The van der Waals surface area contributed by atoms with Crippen molar-refractivity contribution in [3.63, 3.8) is 0 Å². The zero-order valence-electron chi connectivity index (χ0n) is 10.7. The van der Waals surface area contributed by atoms with Gasteiger partial charge in [-0.1, -0.05) is 6.92 Å². The van der Waals surface area contributed by atoms with E-state index in [1.807, 2.05) is 13.8 Å². The lowest BCUT2D eigenvalue weighted by molar-refractivity contribution is -0.137. The van der Waals surface area contributed by atoms with Gasteiger partial charge < -0.3 is 5.32 Å². The molecule has 1 rings (SSSR count). The van der Waals surface area contributed by atoms with Crippen molar-refractivity contribution >= 4 is 33.2 Å². The SMILES string of the molecule is CCC(C)(CCCl)Nc1ccc(C(F)(F)F)cc1Br. The Kier molecular flexibility index (Phi) is 5.56. The normalized spacial score (nSPS) is 15.1. The molecule has 0 heterocycles. The molecule has 1 N–H and O–H groups in total. The number of nitrogens with one attached hydrogen (secondary N) is 1. The standard InChI is InChI=1S/C13H16BrClF3N/c1-3-12(2,6-7-15)19-11-5-4-9(8-10(11)14)13(16,17)18/h4-5,8,19H,3,6-7H2,1-2H3. The van der Waals surface area contributed by atoms with Gasteiger partial charge in [0.15, 0.2) is 0 Å². The number of rotatable bonds is 5. The van der Waals surface area contributed by atoms with Crippen molar-refractivity contribution < 1.29 is 13.2 Å². The Balaban J connectivity index is 2.97. The van der Waals surface area contributed by atoms with E-state index in [0.717, 1.165) is 25.0 Å². The van der Waals surface area contributed by atoms with E-state index >= 15 is 0 Å². The monoisotopic (exact) mass is 357 g/mol. The van der Waals surface area contributed by atoms with Gasteiger partial charge in [-0.2, -0.15) is 13.2 Å². The maximum absolute atomic E-state index is 12.6. The lowest BCUT2D eigenvalue weighted by Gasteiger charge is -2.31. The summed E-state index contributed by atoms with van der Waals surface area (Å²) in [5, 5.41) is 3.25. The summed E-state index contributed by atoms with van der Waals surface area (Å²) in [4.78, 5) is 0. The number of anilines is 1. The zero-order chi connectivity index (χ0) is 14.7. The van der Waals surface area contributed by atoms with Crippen LogP contribution in [0.4, 0.5) is 18.9 Å². The van der Waals surface area contributed by atoms with Gasteiger partial charge in [0.05, 0.1) is 5.56 Å². The molecule has 1 unspecified atom stereocenters. The molecule has 0 bridgehead atoms. The lowest BCUT2D eigenvalue weighted by atomic mass is 9.95. The Morgan fingerprint density at radius 2 is 1.95 bits per heavy atom. The van der Waals surface area contributed by atoms with E-state index in [1.54, 1.807) is 0 Å². The Morgan fingerprint density at radius 3 is 2.37 bits per heavy atom. The minimum atomic E-state index is -4.33. The van der Waals surface area contributed by atoms with E-state index < -0.39 is 11.7 Å². The third kappa shape index (κ3) is 4.56. The van der Waals surface area contributed by atoms with Crippen LogP contribution >= 0.6 is 27.5 Å². The molecule has 1 aromatic rings. The van der Waals surface area contributed by atoms with Crippen molar-refractivity contribution in [3.8, 4) is 0 Å². The van der Waals surface area contributed by atoms with Crippen LogP contribution in [0.2, 0.25) is 0 Å². The molecular formula is C13H16BrClF3N. The van der Waals surface area contributed by atoms with Gasteiger partial charge in [0.2, 0.25) is 0 Å². The van der Waals surface area contributed by atoms with Crippen molar-refractivity contribution in [1.82, 2.24) is 0 Å². The van der Waals surface area contributed by atoms with Gasteiger partial charge in [-0.05, 0) is 53.9 Å². The van der Waals surface area contributed by atoms with Gasteiger partial charge >= 0.3 is 6.18 Å². The average molecular weight is 359 g/mol. The Labute approximate surface area is 124 Å². The van der Waals surface area contributed by atoms with Crippen molar-refractivity contribution in [3.05, 3.63) is 28.2 Å². The number of hydrogen-bond acceptors (Lipinski definition) is 1. The summed E-state index contributed by atoms with van der Waals surface area (Å²) in [5.74, 6) is 0.496. The molecule has 6 heteroatoms. The number of halogens is 5. The summed E-state index contributed by atoms with van der Waals surface area (Å²) in [5.41, 5.74) is -0.257. The molecule has 0 saturated heterocycles. The minimum Gasteiger partial charge on any atom is -0.379 e. The van der Waals surface area contributed by atoms with Gasteiger partial charge in [0, 0.05) is 21.6 Å². The maximum atomic E-state index is 12.6. The molecule has 0 spiro atoms. The first-order valence-corrected chi connectivity index (χ1v) is 7.25. The van der Waals surface area contributed by atoms with Crippen LogP contribution < -0.4 is 5.32 Å². The highest BCUT2D eigenvalue weighted by molar-refractivity contribution is 9.10. The van der Waals surface area contributed by atoms with Crippen LogP contribution in [-0.2, 0) is 6.18 Å². The quantitative estimate of drug-likeness (QED) is 0.668. The summed E-state index contributed by atoms with van der Waals surface area (Å²) >= 11 is 8.93. The topological polar surface area (TPSA) is 12.0 Å². The van der Waals surface area contributed by atoms with E-state index in [9.17, 15) is 13.2 Å². The first-order valence-electron chi connectivity index (χ1n) is 5.93. The molecule has 0 fully saturated rings. The second-order valence-corrected chi connectivity index (χ2v) is 5.90. The Bertz CT molecular complexity index is 436. The molecule has 0 aromatic heterocycles. The third-order valence-corrected chi connectivity index (χ3v) is 4.00. The predicted molar refractivity (Wildman–Crippen MR) is 76.8 cm³/mol. The second kappa shape index (κ2) is 6.35. The van der Waals surface area contributed by atoms with E-state index in [2.05, 4.69) is 21.2 Å². The zero-order valence-corrected chi connectivity index (χ0v) is 13.1. The van der Waals surface area contributed by atoms with E-state index in [0.29, 0.717) is 16.0 Å². The fraction of sp³-hybridized carbons (Fsp3) is 0.538. The van der Waals surface area contributed by atoms with Crippen LogP contribution in [-0.4, -0.2) is 11.4 Å². The van der Waals surface area contributed by atoms with Crippen molar-refractivity contribution in [1.29, 1.82) is 0 Å². The van der Waals surface area contributed by atoms with Crippen LogP contribution in [0.15, 0.2) is 22.7 Å². The predicted octanol–water partition coefficient (Wildman–Crippen LogP) is 5.68. The van der Waals surface area contributed by atoms with Crippen LogP contribution in [0.5, 0.6) is 0 Å². The Hall–Kier alpha value is -0.420. The molecule has 1 aromatic carbocycles. The van der Waals surface area contributed by atoms with Crippen LogP contribution in [0.1, 0.15) is 32.3 Å². The first-order chi connectivity index (χ1) is 8.72. The molecule has 0 amide bonds. The molecule has 0 aliphatic rings. The molecule has 0 aliphatic carbocycles. The molecular weight excluding hydrogens is 343 g/mol. The second-order valence-electron chi connectivity index (χ2n) is 4.67. The smallest absolute Gasteiger partial charge is 0.379 e. The van der Waals surface area contributed by atoms with E-state index in [-0.39, 0.29) is 5.54 Å². The highest BCUT2D eigenvalue weighted by Gasteiger charge is 2.31. The molecule has 0 aliphatic heterocycles. The number of benzene rings is 1. The minimum absolute atomic E-state index is 0.232. The van der Waals surface area contributed by atoms with E-state index in [4.69, 9.17) is 11.6 Å². The van der Waals surface area contributed by atoms with Gasteiger partial charge in [-0.3, -0.25) is 0 Å². The fourth-order valence-electron chi connectivity index (χ4n) is 1.65. The van der Waals surface area contributed by atoms with Crippen LogP contribution in [0.3, 0.4) is 0 Å². The lowest BCUT2D eigenvalue weighted by Crippen LogP contribution is -2.34. The fourth-order valence-corrected chi connectivity index (χ4v) is 2.55. The van der Waals surface area contributed by atoms with Gasteiger partial charge in [0.1, 0.15) is 0 Å². The van der Waals surface area contributed by atoms with Gasteiger partial charge in [-0.25, -0.2) is 0 Å². The summed E-state index contributed by atoms with van der Waals surface area (Å²) in [6.07, 6.45) is -2.77. The Morgan fingerprint density at radius 1 is 1.32 bits per heavy atom. The highest BCUT2D eigenvalue weighted by Crippen LogP contribution is 2.35. The van der Waals surface area contributed by atoms with Crippen molar-refractivity contribution in [2.24, 2.45) is 0 Å². The van der Waals surface area contributed by atoms with Crippen molar-refractivity contribution in [2.75, 3.05) is 11.2 Å². The number of alkyl halides is 4. The molecule has 0 radical (unpaired) electrons. The van der Waals surface area contributed by atoms with Gasteiger partial charge in [-0.15, -0.1) is 11.6 Å². The first kappa shape index (κ1) is 16.6. The van der Waals surface area contributed by atoms with Gasteiger partial charge in [0.25, 0.3) is 0 Å². The number of hydrogen-bond donors (Lipinski definition) is 1. The van der Waals surface area contributed by atoms with Crippen LogP contribution in [0.25, 0.3) is 0 Å².